The van der Waals surface area contributed by atoms with Crippen molar-refractivity contribution in [3.63, 3.8) is 0 Å². The predicted octanol–water partition coefficient (Wildman–Crippen LogP) is 2.21. The van der Waals surface area contributed by atoms with E-state index in [1.807, 2.05) is 31.8 Å². The Bertz CT molecular complexity index is 757. The van der Waals surface area contributed by atoms with Gasteiger partial charge in [-0.1, -0.05) is 17.8 Å². The molecule has 0 aromatic carbocycles. The molecule has 2 heterocycles. The summed E-state index contributed by atoms with van der Waals surface area (Å²) >= 11 is 3.07. The summed E-state index contributed by atoms with van der Waals surface area (Å²) in [5, 5.41) is 5.61. The summed E-state index contributed by atoms with van der Waals surface area (Å²) < 4.78 is 0. The molecule has 0 aliphatic heterocycles. The normalized spacial score (nSPS) is 12.4. The highest BCUT2D eigenvalue weighted by atomic mass is 32.2. The van der Waals surface area contributed by atoms with E-state index in [-0.39, 0.29) is 23.9 Å². The molecule has 2 aromatic heterocycles. The van der Waals surface area contributed by atoms with Crippen LogP contribution in [-0.4, -0.2) is 47.7 Å². The van der Waals surface area contributed by atoms with Crippen molar-refractivity contribution < 1.29 is 4.79 Å². The molecule has 0 radical (unpaired) electrons. The number of carbonyl (C=O) groups excluding carboxylic acids is 1. The molecule has 0 fully saturated rings. The molecule has 0 saturated heterocycles. The summed E-state index contributed by atoms with van der Waals surface area (Å²) in [6, 6.07) is 4.23. The van der Waals surface area contributed by atoms with Crippen molar-refractivity contribution >= 4 is 29.0 Å². The van der Waals surface area contributed by atoms with Crippen LogP contribution in [0.3, 0.4) is 0 Å². The summed E-state index contributed by atoms with van der Waals surface area (Å²) in [5.41, 5.74) is 1.11. The Morgan fingerprint density at radius 2 is 2.24 bits per heavy atom. The number of likely N-dealkylation sites (N-methyl/N-ethyl adjacent to an activating group) is 1. The van der Waals surface area contributed by atoms with Crippen LogP contribution in [0.5, 0.6) is 0 Å². The molecule has 1 unspecified atom stereocenters. The van der Waals surface area contributed by atoms with Crippen LogP contribution in [0.1, 0.15) is 28.6 Å². The van der Waals surface area contributed by atoms with Crippen LogP contribution in [-0.2, 0) is 11.2 Å². The molecule has 2 aromatic rings. The quantitative estimate of drug-likeness (QED) is 0.542. The van der Waals surface area contributed by atoms with Gasteiger partial charge in [-0.25, -0.2) is 4.98 Å². The molecular weight excluding hydrogens is 356 g/mol. The highest BCUT2D eigenvalue weighted by molar-refractivity contribution is 7.98. The number of amides is 1. The van der Waals surface area contributed by atoms with Gasteiger partial charge in [0.15, 0.2) is 5.16 Å². The number of aromatic nitrogens is 2. The molecule has 1 atom stereocenters. The first kappa shape index (κ1) is 19.7. The van der Waals surface area contributed by atoms with Crippen LogP contribution in [0, 0.1) is 6.92 Å². The van der Waals surface area contributed by atoms with Crippen molar-refractivity contribution in [2.75, 3.05) is 26.9 Å². The van der Waals surface area contributed by atoms with Crippen molar-refractivity contribution in [2.24, 2.45) is 0 Å². The predicted molar refractivity (Wildman–Crippen MR) is 103 cm³/mol. The lowest BCUT2D eigenvalue weighted by molar-refractivity contribution is -0.121. The Hall–Kier alpha value is -1.64. The van der Waals surface area contributed by atoms with E-state index in [2.05, 4.69) is 26.3 Å². The SMILES string of the molecule is CSc1nc(C)c(CCC(=O)NCC(c2cccs2)N(C)C)c(=O)[nH]1. The van der Waals surface area contributed by atoms with Gasteiger partial charge >= 0.3 is 0 Å². The van der Waals surface area contributed by atoms with Crippen LogP contribution in [0.4, 0.5) is 0 Å². The van der Waals surface area contributed by atoms with E-state index in [0.717, 1.165) is 0 Å². The van der Waals surface area contributed by atoms with E-state index in [4.69, 9.17) is 0 Å². The van der Waals surface area contributed by atoms with Gasteiger partial charge in [-0.2, -0.15) is 0 Å². The maximum absolute atomic E-state index is 12.2. The standard InChI is InChI=1S/C17H24N4O2S2/c1-11-12(16(23)20-17(19-11)24-4)7-8-15(22)18-10-13(21(2)3)14-6-5-9-25-14/h5-6,9,13H,7-8,10H2,1-4H3,(H,18,22)(H,19,20,23). The minimum Gasteiger partial charge on any atom is -0.354 e. The third kappa shape index (κ3) is 5.42. The molecule has 25 heavy (non-hydrogen) atoms. The molecular formula is C17H24N4O2S2. The van der Waals surface area contributed by atoms with Gasteiger partial charge in [0.05, 0.1) is 6.04 Å². The maximum atomic E-state index is 12.2. The van der Waals surface area contributed by atoms with Gasteiger partial charge in [0.25, 0.3) is 5.56 Å². The zero-order valence-electron chi connectivity index (χ0n) is 15.0. The average molecular weight is 381 g/mol. The molecule has 8 heteroatoms. The van der Waals surface area contributed by atoms with Gasteiger partial charge in [-0.15, -0.1) is 11.3 Å². The Morgan fingerprint density at radius 3 is 2.80 bits per heavy atom. The second-order valence-electron chi connectivity index (χ2n) is 5.94. The van der Waals surface area contributed by atoms with Gasteiger partial charge in [0.1, 0.15) is 0 Å². The topological polar surface area (TPSA) is 78.1 Å². The second-order valence-corrected chi connectivity index (χ2v) is 7.71. The maximum Gasteiger partial charge on any atom is 0.254 e. The van der Waals surface area contributed by atoms with Crippen molar-refractivity contribution in [2.45, 2.75) is 31.0 Å². The lowest BCUT2D eigenvalue weighted by Crippen LogP contribution is -2.34. The fraction of sp³-hybridized carbons (Fsp3) is 0.471. The number of thiophene rings is 1. The van der Waals surface area contributed by atoms with E-state index in [9.17, 15) is 9.59 Å². The number of H-pyrrole nitrogens is 1. The molecule has 6 nitrogen and oxygen atoms in total. The lowest BCUT2D eigenvalue weighted by Gasteiger charge is -2.23. The molecule has 1 amide bonds. The largest absolute Gasteiger partial charge is 0.354 e. The highest BCUT2D eigenvalue weighted by Crippen LogP contribution is 2.22. The summed E-state index contributed by atoms with van der Waals surface area (Å²) in [4.78, 5) is 34.7. The third-order valence-corrected chi connectivity index (χ3v) is 5.54. The van der Waals surface area contributed by atoms with Gasteiger partial charge in [-0.3, -0.25) is 9.59 Å². The number of rotatable bonds is 8. The van der Waals surface area contributed by atoms with Gasteiger partial charge in [-0.05, 0) is 45.1 Å². The molecule has 0 saturated carbocycles. The Balaban J connectivity index is 1.92. The average Bonchev–Trinajstić information content (AvgIpc) is 3.07. The van der Waals surface area contributed by atoms with Crippen LogP contribution >= 0.6 is 23.1 Å². The summed E-state index contributed by atoms with van der Waals surface area (Å²) in [7, 11) is 4.00. The minimum absolute atomic E-state index is 0.0591. The molecule has 0 spiro atoms. The number of aromatic amines is 1. The molecule has 2 rings (SSSR count). The smallest absolute Gasteiger partial charge is 0.254 e. The first-order chi connectivity index (χ1) is 11.9. The van der Waals surface area contributed by atoms with Gasteiger partial charge < -0.3 is 15.2 Å². The monoisotopic (exact) mass is 380 g/mol. The van der Waals surface area contributed by atoms with Crippen LogP contribution in [0.25, 0.3) is 0 Å². The van der Waals surface area contributed by atoms with Crippen molar-refractivity contribution in [1.82, 2.24) is 20.2 Å². The Kier molecular flexibility index (Phi) is 7.22. The third-order valence-electron chi connectivity index (χ3n) is 3.98. The summed E-state index contributed by atoms with van der Waals surface area (Å²) in [6.45, 7) is 2.35. The number of nitrogens with zero attached hydrogens (tertiary/aromatic N) is 2. The van der Waals surface area contributed by atoms with Crippen LogP contribution in [0.15, 0.2) is 27.5 Å². The van der Waals surface area contributed by atoms with Crippen LogP contribution < -0.4 is 10.9 Å². The first-order valence-corrected chi connectivity index (χ1v) is 10.1. The highest BCUT2D eigenvalue weighted by Gasteiger charge is 2.16. The summed E-state index contributed by atoms with van der Waals surface area (Å²) in [5.74, 6) is -0.0591. The zero-order chi connectivity index (χ0) is 18.4. The van der Waals surface area contributed by atoms with Gasteiger partial charge in [0.2, 0.25) is 5.91 Å². The van der Waals surface area contributed by atoms with Crippen molar-refractivity contribution in [3.05, 3.63) is 44.0 Å². The number of aryl methyl sites for hydroxylation is 1. The molecule has 136 valence electrons. The number of nitrogens with one attached hydrogen (secondary N) is 2. The van der Waals surface area contributed by atoms with Crippen molar-refractivity contribution in [1.29, 1.82) is 0 Å². The number of hydrogen-bond acceptors (Lipinski definition) is 6. The number of carbonyl (C=O) groups is 1. The van der Waals surface area contributed by atoms with Gasteiger partial charge in [0, 0.05) is 29.1 Å². The second kappa shape index (κ2) is 9.17. The molecule has 0 bridgehead atoms. The number of thioether (sulfide) groups is 1. The molecule has 2 N–H and O–H groups in total. The fourth-order valence-corrected chi connectivity index (χ4v) is 3.88. The number of hydrogen-bond donors (Lipinski definition) is 2. The Morgan fingerprint density at radius 1 is 1.48 bits per heavy atom. The van der Waals surface area contributed by atoms with E-state index >= 15 is 0 Å². The minimum atomic E-state index is -0.158. The van der Waals surface area contributed by atoms with E-state index in [1.54, 1.807) is 18.3 Å². The summed E-state index contributed by atoms with van der Waals surface area (Å²) in [6.07, 6.45) is 2.52. The van der Waals surface area contributed by atoms with E-state index < -0.39 is 0 Å². The zero-order valence-corrected chi connectivity index (χ0v) is 16.6. The van der Waals surface area contributed by atoms with Crippen molar-refractivity contribution in [3.8, 4) is 0 Å². The van der Waals surface area contributed by atoms with E-state index in [1.165, 1.54) is 16.6 Å². The van der Waals surface area contributed by atoms with E-state index in [0.29, 0.717) is 29.4 Å². The van der Waals surface area contributed by atoms with Crippen LogP contribution in [0.2, 0.25) is 0 Å². The molecule has 0 aliphatic carbocycles. The lowest BCUT2D eigenvalue weighted by atomic mass is 10.1. The fourth-order valence-electron chi connectivity index (χ4n) is 2.53. The Labute approximate surface area is 156 Å². The molecule has 0 aliphatic rings. The first-order valence-electron chi connectivity index (χ1n) is 8.02.